The van der Waals surface area contributed by atoms with E-state index in [1.54, 1.807) is 24.5 Å². The van der Waals surface area contributed by atoms with E-state index in [1.807, 2.05) is 0 Å². The number of rotatable bonds is 7. The molecular weight excluding hydrogens is 202 g/mol. The van der Waals surface area contributed by atoms with Crippen molar-refractivity contribution in [1.82, 2.24) is 4.98 Å². The largest absolute Gasteiger partial charge is 0.299 e. The lowest BCUT2D eigenvalue weighted by atomic mass is 10.0. The number of nitrogens with zero attached hydrogens (tertiary/aromatic N) is 1. The standard InChI is InChI=1S/C13H17NO2/c1-2-3-4-5-12(15)10-13(16)11-6-8-14-9-7-11/h6-9H,2-5,10H2,1H3. The molecule has 0 saturated heterocycles. The molecule has 0 amide bonds. The van der Waals surface area contributed by atoms with Gasteiger partial charge in [0.05, 0.1) is 6.42 Å². The molecule has 1 rings (SSSR count). The molecule has 0 aliphatic heterocycles. The third-order valence-electron chi connectivity index (χ3n) is 2.42. The zero-order valence-electron chi connectivity index (χ0n) is 9.61. The van der Waals surface area contributed by atoms with Crippen molar-refractivity contribution < 1.29 is 9.59 Å². The van der Waals surface area contributed by atoms with E-state index in [0.717, 1.165) is 19.3 Å². The minimum absolute atomic E-state index is 0.0216. The first-order chi connectivity index (χ1) is 7.74. The Kier molecular flexibility index (Phi) is 5.40. The van der Waals surface area contributed by atoms with Gasteiger partial charge in [-0.3, -0.25) is 14.6 Å². The fourth-order valence-corrected chi connectivity index (χ4v) is 1.48. The van der Waals surface area contributed by atoms with Crippen LogP contribution in [-0.2, 0) is 4.79 Å². The van der Waals surface area contributed by atoms with Gasteiger partial charge in [-0.05, 0) is 18.6 Å². The van der Waals surface area contributed by atoms with Gasteiger partial charge in [-0.25, -0.2) is 0 Å². The molecule has 0 fully saturated rings. The van der Waals surface area contributed by atoms with Gasteiger partial charge >= 0.3 is 0 Å². The molecule has 0 atom stereocenters. The zero-order chi connectivity index (χ0) is 11.8. The second-order valence-electron chi connectivity index (χ2n) is 3.83. The van der Waals surface area contributed by atoms with Crippen LogP contribution in [0.15, 0.2) is 24.5 Å². The third kappa shape index (κ3) is 4.34. The van der Waals surface area contributed by atoms with Crippen LogP contribution >= 0.6 is 0 Å². The number of ketones is 2. The molecule has 86 valence electrons. The summed E-state index contributed by atoms with van der Waals surface area (Å²) in [6.45, 7) is 2.09. The number of pyridine rings is 1. The summed E-state index contributed by atoms with van der Waals surface area (Å²) in [4.78, 5) is 26.9. The summed E-state index contributed by atoms with van der Waals surface area (Å²) < 4.78 is 0. The monoisotopic (exact) mass is 219 g/mol. The summed E-state index contributed by atoms with van der Waals surface area (Å²) in [7, 11) is 0. The van der Waals surface area contributed by atoms with E-state index in [-0.39, 0.29) is 18.0 Å². The molecule has 0 N–H and O–H groups in total. The number of carbonyl (C=O) groups excluding carboxylic acids is 2. The topological polar surface area (TPSA) is 47.0 Å². The Balaban J connectivity index is 2.37. The highest BCUT2D eigenvalue weighted by atomic mass is 16.1. The summed E-state index contributed by atoms with van der Waals surface area (Å²) in [6, 6.07) is 3.28. The highest BCUT2D eigenvalue weighted by molar-refractivity contribution is 6.07. The normalized spacial score (nSPS) is 10.1. The summed E-state index contributed by atoms with van der Waals surface area (Å²) in [5.74, 6) is -0.0702. The molecule has 0 radical (unpaired) electrons. The van der Waals surface area contributed by atoms with Crippen LogP contribution < -0.4 is 0 Å². The van der Waals surface area contributed by atoms with Crippen LogP contribution in [0.5, 0.6) is 0 Å². The molecule has 0 aliphatic carbocycles. The minimum Gasteiger partial charge on any atom is -0.299 e. The highest BCUT2D eigenvalue weighted by Crippen LogP contribution is 2.06. The third-order valence-corrected chi connectivity index (χ3v) is 2.42. The van der Waals surface area contributed by atoms with Crippen LogP contribution in [0, 0.1) is 0 Å². The van der Waals surface area contributed by atoms with Crippen LogP contribution in [0.4, 0.5) is 0 Å². The Labute approximate surface area is 95.9 Å². The molecule has 1 aromatic rings. The van der Waals surface area contributed by atoms with Gasteiger partial charge < -0.3 is 0 Å². The van der Waals surface area contributed by atoms with Crippen LogP contribution in [0.2, 0.25) is 0 Å². The number of unbranched alkanes of at least 4 members (excludes halogenated alkanes) is 2. The Hall–Kier alpha value is -1.51. The molecule has 1 aromatic heterocycles. The van der Waals surface area contributed by atoms with Crippen molar-refractivity contribution in [2.24, 2.45) is 0 Å². The van der Waals surface area contributed by atoms with Crippen molar-refractivity contribution in [3.8, 4) is 0 Å². The van der Waals surface area contributed by atoms with Crippen molar-refractivity contribution in [3.63, 3.8) is 0 Å². The molecule has 0 saturated carbocycles. The summed E-state index contributed by atoms with van der Waals surface area (Å²) in [5, 5.41) is 0. The van der Waals surface area contributed by atoms with E-state index in [2.05, 4.69) is 11.9 Å². The average Bonchev–Trinajstić information content (AvgIpc) is 2.30. The lowest BCUT2D eigenvalue weighted by molar-refractivity contribution is -0.118. The molecule has 1 heterocycles. The predicted molar refractivity (Wildman–Crippen MR) is 62.3 cm³/mol. The number of Topliss-reactive ketones (excluding diaryl/α,β-unsaturated/α-hetero) is 2. The lowest BCUT2D eigenvalue weighted by Gasteiger charge is -2.00. The maximum absolute atomic E-state index is 11.6. The van der Waals surface area contributed by atoms with Gasteiger partial charge in [-0.1, -0.05) is 19.8 Å². The molecule has 0 bridgehead atoms. The van der Waals surface area contributed by atoms with Crippen LogP contribution in [-0.4, -0.2) is 16.6 Å². The number of carbonyl (C=O) groups is 2. The average molecular weight is 219 g/mol. The number of aromatic nitrogens is 1. The Morgan fingerprint density at radius 3 is 2.50 bits per heavy atom. The quantitative estimate of drug-likeness (QED) is 0.402. The van der Waals surface area contributed by atoms with E-state index in [1.165, 1.54) is 0 Å². The molecule has 16 heavy (non-hydrogen) atoms. The van der Waals surface area contributed by atoms with E-state index in [9.17, 15) is 9.59 Å². The zero-order valence-corrected chi connectivity index (χ0v) is 9.61. The Bertz CT molecular complexity index is 346. The number of hydrogen-bond donors (Lipinski definition) is 0. The van der Waals surface area contributed by atoms with E-state index < -0.39 is 0 Å². The van der Waals surface area contributed by atoms with Crippen LogP contribution in [0.1, 0.15) is 49.4 Å². The van der Waals surface area contributed by atoms with Gasteiger partial charge in [0.15, 0.2) is 5.78 Å². The lowest BCUT2D eigenvalue weighted by Crippen LogP contribution is -2.08. The smallest absolute Gasteiger partial charge is 0.170 e. The van der Waals surface area contributed by atoms with Crippen LogP contribution in [0.3, 0.4) is 0 Å². The van der Waals surface area contributed by atoms with Gasteiger partial charge in [0, 0.05) is 24.4 Å². The molecule has 0 aromatic carbocycles. The van der Waals surface area contributed by atoms with Gasteiger partial charge in [0.1, 0.15) is 5.78 Å². The molecule has 0 unspecified atom stereocenters. The fraction of sp³-hybridized carbons (Fsp3) is 0.462. The first-order valence-corrected chi connectivity index (χ1v) is 5.69. The second kappa shape index (κ2) is 6.88. The van der Waals surface area contributed by atoms with E-state index in [4.69, 9.17) is 0 Å². The van der Waals surface area contributed by atoms with Gasteiger partial charge in [-0.15, -0.1) is 0 Å². The Morgan fingerprint density at radius 2 is 1.88 bits per heavy atom. The fourth-order valence-electron chi connectivity index (χ4n) is 1.48. The summed E-state index contributed by atoms with van der Waals surface area (Å²) in [5.41, 5.74) is 0.568. The summed E-state index contributed by atoms with van der Waals surface area (Å²) >= 11 is 0. The van der Waals surface area contributed by atoms with Crippen molar-refractivity contribution in [3.05, 3.63) is 30.1 Å². The first kappa shape index (κ1) is 12.6. The SMILES string of the molecule is CCCCCC(=O)CC(=O)c1ccncc1. The van der Waals surface area contributed by atoms with Gasteiger partial charge in [-0.2, -0.15) is 0 Å². The molecule has 3 heteroatoms. The van der Waals surface area contributed by atoms with Crippen molar-refractivity contribution >= 4 is 11.6 Å². The van der Waals surface area contributed by atoms with E-state index in [0.29, 0.717) is 12.0 Å². The van der Waals surface area contributed by atoms with Gasteiger partial charge in [0.2, 0.25) is 0 Å². The van der Waals surface area contributed by atoms with E-state index >= 15 is 0 Å². The maximum atomic E-state index is 11.6. The maximum Gasteiger partial charge on any atom is 0.170 e. The molecule has 3 nitrogen and oxygen atoms in total. The second-order valence-corrected chi connectivity index (χ2v) is 3.83. The minimum atomic E-state index is -0.108. The number of hydrogen-bond acceptors (Lipinski definition) is 3. The molecule has 0 spiro atoms. The van der Waals surface area contributed by atoms with Gasteiger partial charge in [0.25, 0.3) is 0 Å². The molecular formula is C13H17NO2. The van der Waals surface area contributed by atoms with Crippen LogP contribution in [0.25, 0.3) is 0 Å². The molecule has 0 aliphatic rings. The van der Waals surface area contributed by atoms with Crippen molar-refractivity contribution in [2.75, 3.05) is 0 Å². The summed E-state index contributed by atoms with van der Waals surface area (Å²) in [6.07, 6.45) is 6.70. The predicted octanol–water partition coefficient (Wildman–Crippen LogP) is 2.80. The van der Waals surface area contributed by atoms with Crippen molar-refractivity contribution in [2.45, 2.75) is 39.0 Å². The highest BCUT2D eigenvalue weighted by Gasteiger charge is 2.10. The first-order valence-electron chi connectivity index (χ1n) is 5.69. The Morgan fingerprint density at radius 1 is 1.19 bits per heavy atom. The van der Waals surface area contributed by atoms with Crippen molar-refractivity contribution in [1.29, 1.82) is 0 Å².